The number of aromatic nitrogens is 3. The van der Waals surface area contributed by atoms with Gasteiger partial charge in [-0.2, -0.15) is 15.4 Å². The summed E-state index contributed by atoms with van der Waals surface area (Å²) in [7, 11) is 0. The molecule has 8 nitrogen and oxygen atoms in total. The molecule has 172 valence electrons. The summed E-state index contributed by atoms with van der Waals surface area (Å²) in [5.41, 5.74) is 3.65. The van der Waals surface area contributed by atoms with Gasteiger partial charge in [0.2, 0.25) is 0 Å². The first-order valence-electron chi connectivity index (χ1n) is 10.8. The van der Waals surface area contributed by atoms with Crippen molar-refractivity contribution < 1.29 is 14.3 Å². The van der Waals surface area contributed by atoms with Crippen LogP contribution in [0, 0.1) is 12.3 Å². The molecule has 2 aliphatic heterocycles. The number of amides is 2. The second-order valence-electron chi connectivity index (χ2n) is 8.94. The molecule has 0 unspecified atom stereocenters. The maximum absolute atomic E-state index is 12.8. The van der Waals surface area contributed by atoms with Crippen LogP contribution in [0.3, 0.4) is 0 Å². The van der Waals surface area contributed by atoms with E-state index < -0.39 is 0 Å². The lowest BCUT2D eigenvalue weighted by atomic mass is 9.72. The van der Waals surface area contributed by atoms with E-state index in [0.29, 0.717) is 52.9 Å². The van der Waals surface area contributed by atoms with Crippen molar-refractivity contribution in [2.24, 2.45) is 5.41 Å². The summed E-state index contributed by atoms with van der Waals surface area (Å²) in [5.74, 6) is -0.000723. The predicted octanol–water partition coefficient (Wildman–Crippen LogP) is 4.45. The number of likely N-dealkylation sites (tertiary alicyclic amines) is 2. The van der Waals surface area contributed by atoms with Crippen molar-refractivity contribution in [1.29, 1.82) is 0 Å². The number of ether oxygens (including phenoxy) is 1. The molecule has 0 saturated carbocycles. The van der Waals surface area contributed by atoms with Crippen molar-refractivity contribution >= 4 is 46.2 Å². The van der Waals surface area contributed by atoms with Gasteiger partial charge in [-0.15, -0.1) is 0 Å². The molecular formula is C23H23Cl2N5O3. The van der Waals surface area contributed by atoms with Crippen LogP contribution in [-0.4, -0.2) is 63.4 Å². The van der Waals surface area contributed by atoms with E-state index >= 15 is 0 Å². The average Bonchev–Trinajstić information content (AvgIpc) is 3.24. The summed E-state index contributed by atoms with van der Waals surface area (Å²) < 4.78 is 5.47. The number of H-pyrrole nitrogens is 1. The van der Waals surface area contributed by atoms with Crippen LogP contribution in [0.2, 0.25) is 10.0 Å². The number of rotatable bonds is 3. The molecule has 1 spiro atoms. The number of halogens is 2. The molecular weight excluding hydrogens is 465 g/mol. The molecule has 2 amide bonds. The zero-order valence-electron chi connectivity index (χ0n) is 18.1. The number of nitrogens with one attached hydrogen (secondary N) is 1. The van der Waals surface area contributed by atoms with Gasteiger partial charge in [0.05, 0.1) is 0 Å². The lowest BCUT2D eigenvalue weighted by Gasteiger charge is -2.53. The highest BCUT2D eigenvalue weighted by Gasteiger charge is 2.47. The van der Waals surface area contributed by atoms with Crippen LogP contribution in [0.15, 0.2) is 30.3 Å². The summed E-state index contributed by atoms with van der Waals surface area (Å²) in [6.45, 7) is 4.53. The van der Waals surface area contributed by atoms with E-state index in [1.807, 2.05) is 11.8 Å². The fourth-order valence-electron chi connectivity index (χ4n) is 4.64. The Labute approximate surface area is 200 Å². The largest absolute Gasteiger partial charge is 0.444 e. The summed E-state index contributed by atoms with van der Waals surface area (Å²) in [5, 5.41) is 11.6. The summed E-state index contributed by atoms with van der Waals surface area (Å²) in [6, 6.07) is 8.94. The van der Waals surface area contributed by atoms with Crippen molar-refractivity contribution in [3.63, 3.8) is 0 Å². The Morgan fingerprint density at radius 1 is 1.03 bits per heavy atom. The predicted molar refractivity (Wildman–Crippen MR) is 124 cm³/mol. The monoisotopic (exact) mass is 487 g/mol. The van der Waals surface area contributed by atoms with Crippen LogP contribution < -0.4 is 0 Å². The number of nitrogens with zero attached hydrogens (tertiary/aromatic N) is 4. The Morgan fingerprint density at radius 3 is 2.39 bits per heavy atom. The van der Waals surface area contributed by atoms with Gasteiger partial charge in [-0.3, -0.25) is 4.79 Å². The summed E-state index contributed by atoms with van der Waals surface area (Å²) in [6.07, 6.45) is 1.30. The number of aryl methyl sites for hydroxylation is 1. The van der Waals surface area contributed by atoms with Crippen molar-refractivity contribution in [3.8, 4) is 0 Å². The lowest BCUT2D eigenvalue weighted by molar-refractivity contribution is -0.0319. The molecule has 2 aromatic carbocycles. The van der Waals surface area contributed by atoms with Crippen LogP contribution >= 0.6 is 23.2 Å². The molecule has 5 rings (SSSR count). The third-order valence-electron chi connectivity index (χ3n) is 6.61. The maximum Gasteiger partial charge on any atom is 0.410 e. The van der Waals surface area contributed by atoms with Gasteiger partial charge in [0.1, 0.15) is 17.6 Å². The maximum atomic E-state index is 12.8. The van der Waals surface area contributed by atoms with Gasteiger partial charge >= 0.3 is 6.09 Å². The van der Waals surface area contributed by atoms with E-state index in [2.05, 4.69) is 15.4 Å². The standard InChI is InChI=1S/C23H23Cl2N5O3/c1-14-8-17(24)16(18(25)9-14)11-33-22(32)29-6-4-23(5-7-29)12-30(13-23)21(31)15-2-3-19-20(10-15)27-28-26-19/h2-3,8-10H,4-7,11-13H2,1H3,(H,26,27,28). The van der Waals surface area contributed by atoms with E-state index in [4.69, 9.17) is 27.9 Å². The van der Waals surface area contributed by atoms with Crippen molar-refractivity contribution in [2.45, 2.75) is 26.4 Å². The number of benzene rings is 2. The molecule has 3 aromatic rings. The second kappa shape index (κ2) is 8.50. The minimum absolute atomic E-state index is 0.000723. The fourth-order valence-corrected chi connectivity index (χ4v) is 5.34. The van der Waals surface area contributed by atoms with E-state index in [1.165, 1.54) is 0 Å². The average molecular weight is 488 g/mol. The topological polar surface area (TPSA) is 91.4 Å². The third-order valence-corrected chi connectivity index (χ3v) is 7.29. The molecule has 10 heteroatoms. The quantitative estimate of drug-likeness (QED) is 0.589. The molecule has 0 atom stereocenters. The van der Waals surface area contributed by atoms with Crippen molar-refractivity contribution in [3.05, 3.63) is 57.1 Å². The van der Waals surface area contributed by atoms with Gasteiger partial charge in [-0.1, -0.05) is 23.2 Å². The first-order valence-corrected chi connectivity index (χ1v) is 11.6. The van der Waals surface area contributed by atoms with Crippen LogP contribution in [-0.2, 0) is 11.3 Å². The van der Waals surface area contributed by atoms with Gasteiger partial charge in [0, 0.05) is 52.8 Å². The Bertz CT molecular complexity index is 1200. The summed E-state index contributed by atoms with van der Waals surface area (Å²) >= 11 is 12.5. The molecule has 2 fully saturated rings. The Hall–Kier alpha value is -2.84. The number of fused-ring (bicyclic) bond motifs is 1. The van der Waals surface area contributed by atoms with Gasteiger partial charge in [-0.25, -0.2) is 4.79 Å². The first kappa shape index (κ1) is 22.0. The Morgan fingerprint density at radius 2 is 1.70 bits per heavy atom. The molecule has 0 bridgehead atoms. The third kappa shape index (κ3) is 4.25. The zero-order chi connectivity index (χ0) is 23.2. The SMILES string of the molecule is Cc1cc(Cl)c(COC(=O)N2CCC3(CC2)CN(C(=O)c2ccc4n[nH]nc4c2)C3)c(Cl)c1. The van der Waals surface area contributed by atoms with Crippen LogP contribution in [0.25, 0.3) is 11.0 Å². The van der Waals surface area contributed by atoms with Crippen molar-refractivity contribution in [1.82, 2.24) is 25.2 Å². The second-order valence-corrected chi connectivity index (χ2v) is 9.75. The normalized spacial score (nSPS) is 17.3. The smallest absolute Gasteiger partial charge is 0.410 e. The Kier molecular flexibility index (Phi) is 5.66. The molecule has 3 heterocycles. The van der Waals surface area contributed by atoms with E-state index in [9.17, 15) is 9.59 Å². The molecule has 2 saturated heterocycles. The van der Waals surface area contributed by atoms with Crippen LogP contribution in [0.1, 0.15) is 34.3 Å². The van der Waals surface area contributed by atoms with Crippen LogP contribution in [0.4, 0.5) is 4.79 Å². The van der Waals surface area contributed by atoms with Gasteiger partial charge in [0.15, 0.2) is 0 Å². The summed E-state index contributed by atoms with van der Waals surface area (Å²) in [4.78, 5) is 29.0. The minimum Gasteiger partial charge on any atom is -0.444 e. The van der Waals surface area contributed by atoms with E-state index in [-0.39, 0.29) is 24.0 Å². The van der Waals surface area contributed by atoms with E-state index in [1.54, 1.807) is 35.2 Å². The molecule has 1 N–H and O–H groups in total. The molecule has 0 radical (unpaired) electrons. The number of hydrogen-bond acceptors (Lipinski definition) is 5. The Balaban J connectivity index is 1.12. The number of aromatic amines is 1. The minimum atomic E-state index is -0.370. The molecule has 0 aliphatic carbocycles. The number of hydrogen-bond donors (Lipinski definition) is 1. The molecule has 2 aliphatic rings. The number of piperidine rings is 1. The highest BCUT2D eigenvalue weighted by atomic mass is 35.5. The first-order chi connectivity index (χ1) is 15.8. The van der Waals surface area contributed by atoms with Gasteiger partial charge in [-0.05, 0) is 55.7 Å². The molecule has 1 aromatic heterocycles. The molecule has 33 heavy (non-hydrogen) atoms. The van der Waals surface area contributed by atoms with Crippen molar-refractivity contribution in [2.75, 3.05) is 26.2 Å². The van der Waals surface area contributed by atoms with E-state index in [0.717, 1.165) is 23.9 Å². The van der Waals surface area contributed by atoms with Crippen LogP contribution in [0.5, 0.6) is 0 Å². The highest BCUT2D eigenvalue weighted by Crippen LogP contribution is 2.41. The highest BCUT2D eigenvalue weighted by molar-refractivity contribution is 6.36. The van der Waals surface area contributed by atoms with Gasteiger partial charge < -0.3 is 14.5 Å². The van der Waals surface area contributed by atoms with Gasteiger partial charge in [0.25, 0.3) is 5.91 Å². The lowest BCUT2D eigenvalue weighted by Crippen LogP contribution is -2.62. The zero-order valence-corrected chi connectivity index (χ0v) is 19.6. The number of carbonyl (C=O) groups excluding carboxylic acids is 2. The number of carbonyl (C=O) groups is 2. The fraction of sp³-hybridized carbons (Fsp3) is 0.391.